The molecule has 5 rings (SSSR count). The van der Waals surface area contributed by atoms with Crippen molar-refractivity contribution in [2.75, 3.05) is 19.7 Å². The maximum atomic E-state index is 14.8. The van der Waals surface area contributed by atoms with Crippen molar-refractivity contribution in [3.63, 3.8) is 0 Å². The normalized spacial score (nSPS) is 15.9. The van der Waals surface area contributed by atoms with Crippen molar-refractivity contribution >= 4 is 11.9 Å². The Bertz CT molecular complexity index is 1490. The van der Waals surface area contributed by atoms with Gasteiger partial charge in [-0.2, -0.15) is 8.78 Å². The molecule has 2 aliphatic carbocycles. The summed E-state index contributed by atoms with van der Waals surface area (Å²) in [5.41, 5.74) is 6.09. The fraction of sp³-hybridized carbons (Fsp3) is 0.433. The Labute approximate surface area is 250 Å². The quantitative estimate of drug-likeness (QED) is 0.182. The van der Waals surface area contributed by atoms with Crippen molar-refractivity contribution in [2.24, 2.45) is 17.6 Å². The Kier molecular flexibility index (Phi) is 9.57. The van der Waals surface area contributed by atoms with Crippen molar-refractivity contribution < 1.29 is 41.0 Å². The van der Waals surface area contributed by atoms with Crippen LogP contribution >= 0.6 is 0 Å². The monoisotopic (exact) mass is 619 g/mol. The number of carbonyl (C=O) groups is 2. The topological polar surface area (TPSA) is 141 Å². The number of nitrogens with one attached hydrogen (secondary N) is 3. The molecule has 236 valence electrons. The van der Waals surface area contributed by atoms with E-state index in [1.807, 2.05) is 0 Å². The van der Waals surface area contributed by atoms with Gasteiger partial charge < -0.3 is 35.6 Å². The lowest BCUT2D eigenvalue weighted by Gasteiger charge is -2.20. The van der Waals surface area contributed by atoms with Crippen molar-refractivity contribution in [2.45, 2.75) is 51.3 Å². The average molecular weight is 620 g/mol. The van der Waals surface area contributed by atoms with Gasteiger partial charge in [-0.15, -0.1) is 0 Å². The highest BCUT2D eigenvalue weighted by Gasteiger charge is 2.29. The minimum Gasteiger partial charge on any atom is -0.489 e. The van der Waals surface area contributed by atoms with E-state index in [4.69, 9.17) is 14.9 Å². The van der Waals surface area contributed by atoms with E-state index in [9.17, 15) is 27.2 Å². The molecule has 5 N–H and O–H groups in total. The summed E-state index contributed by atoms with van der Waals surface area (Å²) in [5, 5.41) is 7.96. The molecular weight excluding hydrogens is 586 g/mol. The van der Waals surface area contributed by atoms with Crippen molar-refractivity contribution in [3.8, 4) is 23.0 Å². The van der Waals surface area contributed by atoms with E-state index in [1.54, 1.807) is 6.92 Å². The zero-order valence-corrected chi connectivity index (χ0v) is 23.9. The summed E-state index contributed by atoms with van der Waals surface area (Å²) in [6.07, 6.45) is 4.02. The molecule has 0 bridgehead atoms. The molecule has 0 radical (unpaired) electrons. The number of nitrogens with zero attached hydrogens (tertiary/aromatic N) is 1. The van der Waals surface area contributed by atoms with Crippen LogP contribution in [-0.2, 0) is 0 Å². The van der Waals surface area contributed by atoms with E-state index in [0.29, 0.717) is 36.6 Å². The van der Waals surface area contributed by atoms with Crippen LogP contribution in [0.15, 0.2) is 40.8 Å². The van der Waals surface area contributed by atoms with E-state index in [2.05, 4.69) is 25.7 Å². The number of benzene rings is 2. The molecule has 0 spiro atoms. The SMILES string of the molecule is C[C@H](N)c1oc(-c2ccc(OC(F)F)c(OCC3CC3)c2)nc1C(=O)NC(CNC(=O)NCC1CC1)c1ccc(F)cc1F. The number of urea groups is 1. The van der Waals surface area contributed by atoms with E-state index in [-0.39, 0.29) is 41.0 Å². The van der Waals surface area contributed by atoms with E-state index >= 15 is 0 Å². The number of aromatic nitrogens is 1. The molecule has 2 fully saturated rings. The summed E-state index contributed by atoms with van der Waals surface area (Å²) in [4.78, 5) is 30.2. The van der Waals surface area contributed by atoms with Gasteiger partial charge in [0.1, 0.15) is 11.6 Å². The summed E-state index contributed by atoms with van der Waals surface area (Å²) in [5.74, 6) is -1.94. The molecule has 44 heavy (non-hydrogen) atoms. The molecule has 3 aromatic rings. The number of oxazole rings is 1. The summed E-state index contributed by atoms with van der Waals surface area (Å²) >= 11 is 0. The van der Waals surface area contributed by atoms with Crippen LogP contribution in [0.2, 0.25) is 0 Å². The Hall–Kier alpha value is -4.33. The molecule has 0 aliphatic heterocycles. The highest BCUT2D eigenvalue weighted by atomic mass is 19.3. The third-order valence-corrected chi connectivity index (χ3v) is 7.22. The second-order valence-corrected chi connectivity index (χ2v) is 11.0. The lowest BCUT2D eigenvalue weighted by molar-refractivity contribution is -0.0515. The molecule has 10 nitrogen and oxygen atoms in total. The highest BCUT2D eigenvalue weighted by molar-refractivity contribution is 5.94. The average Bonchev–Trinajstić information content (AvgIpc) is 3.91. The number of amides is 3. The molecule has 1 unspecified atom stereocenters. The van der Waals surface area contributed by atoms with Gasteiger partial charge in [0, 0.05) is 30.3 Å². The van der Waals surface area contributed by atoms with Gasteiger partial charge in [0.25, 0.3) is 5.91 Å². The Balaban J connectivity index is 1.38. The minimum atomic E-state index is -3.07. The Morgan fingerprint density at radius 3 is 2.45 bits per heavy atom. The molecule has 3 amide bonds. The highest BCUT2D eigenvalue weighted by Crippen LogP contribution is 2.37. The van der Waals surface area contributed by atoms with Crippen LogP contribution in [0.4, 0.5) is 22.4 Å². The van der Waals surface area contributed by atoms with Crippen LogP contribution in [0.3, 0.4) is 0 Å². The second-order valence-electron chi connectivity index (χ2n) is 11.0. The van der Waals surface area contributed by atoms with Crippen LogP contribution in [-0.4, -0.2) is 43.2 Å². The van der Waals surface area contributed by atoms with Crippen LogP contribution in [0.5, 0.6) is 11.5 Å². The number of ether oxygens (including phenoxy) is 2. The minimum absolute atomic E-state index is 0.000630. The number of carbonyl (C=O) groups excluding carboxylic acids is 2. The van der Waals surface area contributed by atoms with Crippen molar-refractivity contribution in [1.29, 1.82) is 0 Å². The van der Waals surface area contributed by atoms with Gasteiger partial charge in [0.2, 0.25) is 5.89 Å². The molecule has 14 heteroatoms. The summed E-state index contributed by atoms with van der Waals surface area (Å²) < 4.78 is 70.5. The first kappa shape index (κ1) is 31.1. The van der Waals surface area contributed by atoms with Gasteiger partial charge in [-0.1, -0.05) is 6.07 Å². The van der Waals surface area contributed by atoms with Gasteiger partial charge in [-0.3, -0.25) is 4.79 Å². The van der Waals surface area contributed by atoms with Crippen LogP contribution in [0.1, 0.15) is 66.5 Å². The van der Waals surface area contributed by atoms with Gasteiger partial charge in [0.05, 0.1) is 18.7 Å². The number of hydrogen-bond donors (Lipinski definition) is 4. The fourth-order valence-corrected chi connectivity index (χ4v) is 4.43. The maximum Gasteiger partial charge on any atom is 0.387 e. The Morgan fingerprint density at radius 1 is 1.05 bits per heavy atom. The Morgan fingerprint density at radius 2 is 1.80 bits per heavy atom. The first-order chi connectivity index (χ1) is 21.1. The van der Waals surface area contributed by atoms with E-state index in [0.717, 1.165) is 31.7 Å². The zero-order valence-electron chi connectivity index (χ0n) is 23.9. The molecule has 0 saturated heterocycles. The molecule has 1 heterocycles. The smallest absolute Gasteiger partial charge is 0.387 e. The van der Waals surface area contributed by atoms with Gasteiger partial charge in [-0.25, -0.2) is 18.6 Å². The second kappa shape index (κ2) is 13.5. The van der Waals surface area contributed by atoms with Gasteiger partial charge in [0.15, 0.2) is 23.0 Å². The summed E-state index contributed by atoms with van der Waals surface area (Å²) in [6, 6.07) is 4.57. The summed E-state index contributed by atoms with van der Waals surface area (Å²) in [7, 11) is 0. The van der Waals surface area contributed by atoms with Crippen LogP contribution < -0.4 is 31.2 Å². The molecular formula is C30H33F4N5O5. The maximum absolute atomic E-state index is 14.8. The fourth-order valence-electron chi connectivity index (χ4n) is 4.43. The van der Waals surface area contributed by atoms with E-state index < -0.39 is 42.3 Å². The van der Waals surface area contributed by atoms with Crippen molar-refractivity contribution in [1.82, 2.24) is 20.9 Å². The number of rotatable bonds is 14. The standard InChI is InChI=1S/C30H33F4N5O5/c1-15(35)26-25(39-28(44-26)18-6-9-23(43-29(33)34)24(10-18)42-14-17-4-5-17)27(40)38-22(20-8-7-19(31)11-21(20)32)13-37-30(41)36-12-16-2-3-16/h6-11,15-17,22,29H,2-5,12-14,35H2,1H3,(H,38,40)(H2,36,37,41)/t15-,22?/m0/s1. The molecule has 2 aliphatic rings. The third kappa shape index (κ3) is 8.18. The first-order valence-electron chi connectivity index (χ1n) is 14.3. The summed E-state index contributed by atoms with van der Waals surface area (Å²) in [6.45, 7) is -0.912. The number of hydrogen-bond acceptors (Lipinski definition) is 7. The number of halogens is 4. The lowest BCUT2D eigenvalue weighted by Crippen LogP contribution is -2.43. The predicted octanol–water partition coefficient (Wildman–Crippen LogP) is 5.21. The van der Waals surface area contributed by atoms with Crippen LogP contribution in [0, 0.1) is 23.5 Å². The predicted molar refractivity (Wildman–Crippen MR) is 150 cm³/mol. The molecule has 2 saturated carbocycles. The largest absolute Gasteiger partial charge is 0.489 e. The van der Waals surface area contributed by atoms with Crippen LogP contribution in [0.25, 0.3) is 11.5 Å². The lowest BCUT2D eigenvalue weighted by atomic mass is 10.1. The molecule has 1 aromatic heterocycles. The number of nitrogens with two attached hydrogens (primary N) is 1. The van der Waals surface area contributed by atoms with Gasteiger partial charge in [-0.05, 0) is 68.7 Å². The zero-order chi connectivity index (χ0) is 31.4. The van der Waals surface area contributed by atoms with Crippen molar-refractivity contribution in [3.05, 3.63) is 65.1 Å². The van der Waals surface area contributed by atoms with E-state index in [1.165, 1.54) is 24.3 Å². The third-order valence-electron chi connectivity index (χ3n) is 7.22. The van der Waals surface area contributed by atoms with Gasteiger partial charge >= 0.3 is 12.6 Å². The molecule has 2 aromatic carbocycles. The molecule has 2 atom stereocenters. The number of alkyl halides is 2. The first-order valence-corrected chi connectivity index (χ1v) is 14.3.